The van der Waals surface area contributed by atoms with E-state index in [-0.39, 0.29) is 11.9 Å². The molecular weight excluding hydrogens is 251 g/mol. The van der Waals surface area contributed by atoms with E-state index in [1.165, 1.54) is 12.1 Å². The fraction of sp³-hybridized carbons (Fsp3) is 0.200. The number of hydrogen-bond acceptors (Lipinski definition) is 1. The molecule has 0 aliphatic carbocycles. The minimum absolute atomic E-state index is 0.203. The predicted octanol–water partition coefficient (Wildman–Crippen LogP) is 4.17. The molecule has 2 aromatic rings. The summed E-state index contributed by atoms with van der Waals surface area (Å²) >= 11 is 5.66. The average Bonchev–Trinajstić information content (AvgIpc) is 2.42. The van der Waals surface area contributed by atoms with Gasteiger partial charge < -0.3 is 4.74 Å². The first-order chi connectivity index (χ1) is 8.81. The Morgan fingerprint density at radius 2 is 1.56 bits per heavy atom. The molecule has 2 rings (SSSR count). The van der Waals surface area contributed by atoms with Crippen LogP contribution in [0.2, 0.25) is 0 Å². The molecule has 0 N–H and O–H groups in total. The molecule has 0 fully saturated rings. The summed E-state index contributed by atoms with van der Waals surface area (Å²) in [5.74, 6) is 0.188. The standard InChI is InChI=1S/C15H14ClFO/c16-10-11-18-15(12-4-2-1-3-5-12)13-6-8-14(17)9-7-13/h1-9,15H,10-11H2/t15-/m1/s1. The van der Waals surface area contributed by atoms with Crippen LogP contribution in [-0.4, -0.2) is 12.5 Å². The maximum atomic E-state index is 12.9. The predicted molar refractivity (Wildman–Crippen MR) is 71.4 cm³/mol. The van der Waals surface area contributed by atoms with Gasteiger partial charge in [-0.3, -0.25) is 0 Å². The Morgan fingerprint density at radius 1 is 0.944 bits per heavy atom. The number of halogens is 2. The van der Waals surface area contributed by atoms with Crippen LogP contribution in [0.25, 0.3) is 0 Å². The van der Waals surface area contributed by atoms with Crippen LogP contribution in [0.15, 0.2) is 54.6 Å². The molecular formula is C15H14ClFO. The summed E-state index contributed by atoms with van der Waals surface area (Å²) in [6.07, 6.45) is -0.203. The molecule has 0 spiro atoms. The zero-order valence-electron chi connectivity index (χ0n) is 9.85. The molecule has 18 heavy (non-hydrogen) atoms. The Morgan fingerprint density at radius 3 is 2.17 bits per heavy atom. The van der Waals surface area contributed by atoms with Gasteiger partial charge >= 0.3 is 0 Å². The van der Waals surface area contributed by atoms with Crippen molar-refractivity contribution in [3.05, 3.63) is 71.5 Å². The van der Waals surface area contributed by atoms with E-state index in [1.54, 1.807) is 12.1 Å². The van der Waals surface area contributed by atoms with Gasteiger partial charge in [0.25, 0.3) is 0 Å². The largest absolute Gasteiger partial charge is 0.368 e. The van der Waals surface area contributed by atoms with Crippen molar-refractivity contribution < 1.29 is 9.13 Å². The summed E-state index contributed by atoms with van der Waals surface area (Å²) in [5.41, 5.74) is 1.96. The van der Waals surface area contributed by atoms with Crippen LogP contribution in [-0.2, 0) is 4.74 Å². The van der Waals surface area contributed by atoms with Crippen molar-refractivity contribution >= 4 is 11.6 Å². The first kappa shape index (κ1) is 13.1. The third-order valence-electron chi connectivity index (χ3n) is 2.64. The minimum Gasteiger partial charge on any atom is -0.368 e. The van der Waals surface area contributed by atoms with Crippen LogP contribution < -0.4 is 0 Å². The molecule has 0 saturated heterocycles. The van der Waals surface area contributed by atoms with E-state index in [9.17, 15) is 4.39 Å². The molecule has 0 aliphatic heterocycles. The van der Waals surface area contributed by atoms with Crippen LogP contribution in [0, 0.1) is 5.82 Å². The molecule has 0 amide bonds. The van der Waals surface area contributed by atoms with Gasteiger partial charge in [0.2, 0.25) is 0 Å². The fourth-order valence-electron chi connectivity index (χ4n) is 1.81. The first-order valence-corrected chi connectivity index (χ1v) is 6.32. The second-order valence-electron chi connectivity index (χ2n) is 3.90. The molecule has 1 nitrogen and oxygen atoms in total. The zero-order valence-corrected chi connectivity index (χ0v) is 10.6. The molecule has 0 bridgehead atoms. The molecule has 0 aliphatic rings. The van der Waals surface area contributed by atoms with E-state index >= 15 is 0 Å². The molecule has 0 radical (unpaired) electrons. The molecule has 0 heterocycles. The average molecular weight is 265 g/mol. The highest BCUT2D eigenvalue weighted by atomic mass is 35.5. The van der Waals surface area contributed by atoms with E-state index in [2.05, 4.69) is 0 Å². The molecule has 0 aromatic heterocycles. The van der Waals surface area contributed by atoms with E-state index in [0.29, 0.717) is 12.5 Å². The van der Waals surface area contributed by atoms with Crippen molar-refractivity contribution in [2.24, 2.45) is 0 Å². The molecule has 1 atom stereocenters. The highest BCUT2D eigenvalue weighted by Crippen LogP contribution is 2.26. The summed E-state index contributed by atoms with van der Waals surface area (Å²) in [5, 5.41) is 0. The van der Waals surface area contributed by atoms with Crippen molar-refractivity contribution in [2.75, 3.05) is 12.5 Å². The number of ether oxygens (including phenoxy) is 1. The van der Waals surface area contributed by atoms with Crippen molar-refractivity contribution in [3.8, 4) is 0 Å². The lowest BCUT2D eigenvalue weighted by atomic mass is 10.0. The zero-order chi connectivity index (χ0) is 12.8. The maximum Gasteiger partial charge on any atom is 0.123 e. The summed E-state index contributed by atoms with van der Waals surface area (Å²) in [6.45, 7) is 0.457. The highest BCUT2D eigenvalue weighted by molar-refractivity contribution is 6.17. The molecule has 94 valence electrons. The van der Waals surface area contributed by atoms with Crippen molar-refractivity contribution in [1.82, 2.24) is 0 Å². The van der Waals surface area contributed by atoms with Crippen LogP contribution in [0.1, 0.15) is 17.2 Å². The van der Waals surface area contributed by atoms with Gasteiger partial charge in [0, 0.05) is 5.88 Å². The Bertz CT molecular complexity index is 470. The van der Waals surface area contributed by atoms with Crippen LogP contribution >= 0.6 is 11.6 Å². The lowest BCUT2D eigenvalue weighted by Gasteiger charge is -2.18. The number of hydrogen-bond donors (Lipinski definition) is 0. The highest BCUT2D eigenvalue weighted by Gasteiger charge is 2.14. The van der Waals surface area contributed by atoms with Gasteiger partial charge in [-0.25, -0.2) is 4.39 Å². The van der Waals surface area contributed by atoms with Crippen LogP contribution in [0.3, 0.4) is 0 Å². The number of alkyl halides is 1. The normalized spacial score (nSPS) is 12.3. The van der Waals surface area contributed by atoms with E-state index in [1.807, 2.05) is 30.3 Å². The number of benzene rings is 2. The van der Waals surface area contributed by atoms with Gasteiger partial charge in [0.05, 0.1) is 6.61 Å². The first-order valence-electron chi connectivity index (χ1n) is 5.79. The summed E-state index contributed by atoms with van der Waals surface area (Å²) in [6, 6.07) is 16.2. The quantitative estimate of drug-likeness (QED) is 0.737. The Kier molecular flexibility index (Phi) is 4.73. The summed E-state index contributed by atoms with van der Waals surface area (Å²) in [7, 11) is 0. The van der Waals surface area contributed by atoms with Crippen molar-refractivity contribution in [1.29, 1.82) is 0 Å². The monoisotopic (exact) mass is 264 g/mol. The maximum absolute atomic E-state index is 12.9. The summed E-state index contributed by atoms with van der Waals surface area (Å²) in [4.78, 5) is 0. The third kappa shape index (κ3) is 3.31. The topological polar surface area (TPSA) is 9.23 Å². The van der Waals surface area contributed by atoms with Crippen molar-refractivity contribution in [2.45, 2.75) is 6.10 Å². The molecule has 0 unspecified atom stereocenters. The summed E-state index contributed by atoms with van der Waals surface area (Å²) < 4.78 is 18.7. The van der Waals surface area contributed by atoms with Crippen molar-refractivity contribution in [3.63, 3.8) is 0 Å². The lowest BCUT2D eigenvalue weighted by molar-refractivity contribution is 0.0928. The minimum atomic E-state index is -0.247. The van der Waals surface area contributed by atoms with Gasteiger partial charge in [-0.15, -0.1) is 11.6 Å². The fourth-order valence-corrected chi connectivity index (χ4v) is 1.90. The van der Waals surface area contributed by atoms with Crippen LogP contribution in [0.5, 0.6) is 0 Å². The lowest BCUT2D eigenvalue weighted by Crippen LogP contribution is -2.08. The van der Waals surface area contributed by atoms with Gasteiger partial charge in [-0.2, -0.15) is 0 Å². The molecule has 3 heteroatoms. The smallest absolute Gasteiger partial charge is 0.123 e. The van der Waals surface area contributed by atoms with Gasteiger partial charge in [0.1, 0.15) is 11.9 Å². The molecule has 0 saturated carbocycles. The van der Waals surface area contributed by atoms with Gasteiger partial charge in [-0.05, 0) is 23.3 Å². The second-order valence-corrected chi connectivity index (χ2v) is 4.28. The second kappa shape index (κ2) is 6.53. The number of rotatable bonds is 5. The van der Waals surface area contributed by atoms with E-state index in [4.69, 9.17) is 16.3 Å². The third-order valence-corrected chi connectivity index (χ3v) is 2.79. The Labute approximate surface area is 111 Å². The van der Waals surface area contributed by atoms with Gasteiger partial charge in [0.15, 0.2) is 0 Å². The van der Waals surface area contributed by atoms with E-state index in [0.717, 1.165) is 11.1 Å². The Balaban J connectivity index is 2.27. The molecule has 2 aromatic carbocycles. The van der Waals surface area contributed by atoms with E-state index < -0.39 is 0 Å². The Hall–Kier alpha value is -1.38. The van der Waals surface area contributed by atoms with Crippen LogP contribution in [0.4, 0.5) is 4.39 Å². The van der Waals surface area contributed by atoms with Gasteiger partial charge in [-0.1, -0.05) is 42.5 Å². The SMILES string of the molecule is Fc1ccc([C@H](OCCCl)c2ccccc2)cc1.